The molecule has 1 amide bonds. The van der Waals surface area contributed by atoms with E-state index >= 15 is 0 Å². The molecule has 0 radical (unpaired) electrons. The highest BCUT2D eigenvalue weighted by Gasteiger charge is 2.15. The summed E-state index contributed by atoms with van der Waals surface area (Å²) in [5, 5.41) is 7.04. The van der Waals surface area contributed by atoms with Gasteiger partial charge in [0.25, 0.3) is 17.6 Å². The molecule has 0 saturated heterocycles. The van der Waals surface area contributed by atoms with Gasteiger partial charge < -0.3 is 9.84 Å². The number of amides is 1. The van der Waals surface area contributed by atoms with Crippen molar-refractivity contribution >= 4 is 17.5 Å². The van der Waals surface area contributed by atoms with Crippen LogP contribution in [0.4, 0.5) is 0 Å². The molecule has 0 fully saturated rings. The fourth-order valence-electron chi connectivity index (χ4n) is 2.03. The lowest BCUT2D eigenvalue weighted by molar-refractivity contribution is 0.0937. The van der Waals surface area contributed by atoms with Gasteiger partial charge in [0.2, 0.25) is 0 Å². The van der Waals surface area contributed by atoms with Crippen molar-refractivity contribution in [1.29, 1.82) is 0 Å². The molecule has 3 rings (SSSR count). The molecule has 0 bridgehead atoms. The lowest BCUT2D eigenvalue weighted by atomic mass is 10.1. The van der Waals surface area contributed by atoms with Crippen molar-refractivity contribution < 1.29 is 9.32 Å². The normalized spacial score (nSPS) is 10.5. The fraction of sp³-hybridized carbons (Fsp3) is 0.118. The standard InChI is InChI=1S/C17H14ClN3O2/c1-11-6-8-12(9-7-11)17-20-15(21-23-17)16(22)19-10-13-4-2-3-5-14(13)18/h2-9H,10H2,1H3,(H,19,22). The lowest BCUT2D eigenvalue weighted by Gasteiger charge is -2.04. The Kier molecular flexibility index (Phi) is 4.39. The molecule has 5 nitrogen and oxygen atoms in total. The summed E-state index contributed by atoms with van der Waals surface area (Å²) in [6.07, 6.45) is 0. The molecule has 1 aromatic heterocycles. The summed E-state index contributed by atoms with van der Waals surface area (Å²) in [5.74, 6) is -0.104. The Bertz CT molecular complexity index is 828. The maximum absolute atomic E-state index is 12.1. The van der Waals surface area contributed by atoms with Crippen LogP contribution in [-0.4, -0.2) is 16.0 Å². The Hall–Kier alpha value is -2.66. The van der Waals surface area contributed by atoms with E-state index in [1.54, 1.807) is 6.07 Å². The zero-order valence-electron chi connectivity index (χ0n) is 12.4. The van der Waals surface area contributed by atoms with E-state index in [0.717, 1.165) is 16.7 Å². The maximum Gasteiger partial charge on any atom is 0.292 e. The summed E-state index contributed by atoms with van der Waals surface area (Å²) in [7, 11) is 0. The Morgan fingerprint density at radius 1 is 1.17 bits per heavy atom. The van der Waals surface area contributed by atoms with Gasteiger partial charge in [0.1, 0.15) is 0 Å². The van der Waals surface area contributed by atoms with Gasteiger partial charge in [-0.1, -0.05) is 52.7 Å². The zero-order chi connectivity index (χ0) is 16.2. The van der Waals surface area contributed by atoms with Crippen LogP contribution in [0.3, 0.4) is 0 Å². The second-order valence-corrected chi connectivity index (χ2v) is 5.47. The summed E-state index contributed by atoms with van der Waals surface area (Å²) in [6, 6.07) is 14.9. The molecule has 116 valence electrons. The summed E-state index contributed by atoms with van der Waals surface area (Å²) >= 11 is 6.05. The number of hydrogen-bond acceptors (Lipinski definition) is 4. The predicted molar refractivity (Wildman–Crippen MR) is 87.1 cm³/mol. The molecule has 0 aliphatic rings. The number of nitrogens with one attached hydrogen (secondary N) is 1. The van der Waals surface area contributed by atoms with Gasteiger partial charge in [0, 0.05) is 17.1 Å². The average molecular weight is 328 g/mol. The molecule has 0 unspecified atom stereocenters. The molecule has 0 spiro atoms. The first kappa shape index (κ1) is 15.2. The number of aryl methyl sites for hydroxylation is 1. The summed E-state index contributed by atoms with van der Waals surface area (Å²) < 4.78 is 5.14. The SMILES string of the molecule is Cc1ccc(-c2nc(C(=O)NCc3ccccc3Cl)no2)cc1. The van der Waals surface area contributed by atoms with Crippen LogP contribution in [-0.2, 0) is 6.54 Å². The van der Waals surface area contributed by atoms with Crippen LogP contribution in [0.2, 0.25) is 5.02 Å². The first-order chi connectivity index (χ1) is 11.1. The highest BCUT2D eigenvalue weighted by molar-refractivity contribution is 6.31. The van der Waals surface area contributed by atoms with Crippen LogP contribution in [0, 0.1) is 6.92 Å². The summed E-state index contributed by atoms with van der Waals surface area (Å²) in [5.41, 5.74) is 2.73. The third-order valence-corrected chi connectivity index (χ3v) is 3.69. The number of benzene rings is 2. The highest BCUT2D eigenvalue weighted by Crippen LogP contribution is 2.18. The van der Waals surface area contributed by atoms with Crippen LogP contribution in [0.5, 0.6) is 0 Å². The fourth-order valence-corrected chi connectivity index (χ4v) is 2.23. The lowest BCUT2D eigenvalue weighted by Crippen LogP contribution is -2.24. The van der Waals surface area contributed by atoms with E-state index in [0.29, 0.717) is 17.5 Å². The van der Waals surface area contributed by atoms with Crippen molar-refractivity contribution in [2.24, 2.45) is 0 Å². The molecular weight excluding hydrogens is 314 g/mol. The van der Waals surface area contributed by atoms with Crippen LogP contribution in [0.15, 0.2) is 53.1 Å². The zero-order valence-corrected chi connectivity index (χ0v) is 13.2. The Labute approximate surface area is 138 Å². The number of rotatable bonds is 4. The van der Waals surface area contributed by atoms with Crippen molar-refractivity contribution in [2.75, 3.05) is 0 Å². The Balaban J connectivity index is 1.69. The van der Waals surface area contributed by atoms with Gasteiger partial charge >= 0.3 is 0 Å². The number of carbonyl (C=O) groups is 1. The molecule has 0 atom stereocenters. The van der Waals surface area contributed by atoms with Gasteiger partial charge in [-0.2, -0.15) is 4.98 Å². The van der Waals surface area contributed by atoms with Crippen LogP contribution in [0.1, 0.15) is 21.7 Å². The Morgan fingerprint density at radius 2 is 1.91 bits per heavy atom. The molecular formula is C17H14ClN3O2. The van der Waals surface area contributed by atoms with Crippen molar-refractivity contribution in [3.8, 4) is 11.5 Å². The van der Waals surface area contributed by atoms with Crippen molar-refractivity contribution in [2.45, 2.75) is 13.5 Å². The van der Waals surface area contributed by atoms with Gasteiger partial charge in [-0.25, -0.2) is 0 Å². The number of hydrogen-bond donors (Lipinski definition) is 1. The average Bonchev–Trinajstić information content (AvgIpc) is 3.04. The number of halogens is 1. The largest absolute Gasteiger partial charge is 0.345 e. The molecule has 0 aliphatic carbocycles. The van der Waals surface area contributed by atoms with Gasteiger partial charge in [-0.05, 0) is 30.7 Å². The molecule has 0 aliphatic heterocycles. The monoisotopic (exact) mass is 327 g/mol. The minimum atomic E-state index is -0.410. The molecule has 6 heteroatoms. The molecule has 0 saturated carbocycles. The van der Waals surface area contributed by atoms with Crippen molar-refractivity contribution in [3.63, 3.8) is 0 Å². The minimum Gasteiger partial charge on any atom is -0.345 e. The third-order valence-electron chi connectivity index (χ3n) is 3.32. The number of nitrogens with zero attached hydrogens (tertiary/aromatic N) is 2. The molecule has 3 aromatic rings. The third kappa shape index (κ3) is 3.57. The first-order valence-electron chi connectivity index (χ1n) is 7.06. The van der Waals surface area contributed by atoms with E-state index in [1.807, 2.05) is 49.4 Å². The van der Waals surface area contributed by atoms with E-state index in [4.69, 9.17) is 16.1 Å². The Morgan fingerprint density at radius 3 is 2.65 bits per heavy atom. The smallest absolute Gasteiger partial charge is 0.292 e. The summed E-state index contributed by atoms with van der Waals surface area (Å²) in [6.45, 7) is 2.29. The van der Waals surface area contributed by atoms with Crippen LogP contribution in [0.25, 0.3) is 11.5 Å². The predicted octanol–water partition coefficient (Wildman–Crippen LogP) is 3.63. The minimum absolute atomic E-state index is 0.00683. The van der Waals surface area contributed by atoms with E-state index in [1.165, 1.54) is 0 Å². The van der Waals surface area contributed by atoms with Gasteiger partial charge in [0.15, 0.2) is 0 Å². The maximum atomic E-state index is 12.1. The second-order valence-electron chi connectivity index (χ2n) is 5.06. The van der Waals surface area contributed by atoms with E-state index in [9.17, 15) is 4.79 Å². The number of aromatic nitrogens is 2. The second kappa shape index (κ2) is 6.62. The molecule has 2 aromatic carbocycles. The first-order valence-corrected chi connectivity index (χ1v) is 7.43. The summed E-state index contributed by atoms with van der Waals surface area (Å²) in [4.78, 5) is 16.2. The highest BCUT2D eigenvalue weighted by atomic mass is 35.5. The van der Waals surface area contributed by atoms with E-state index in [2.05, 4.69) is 15.5 Å². The molecule has 1 heterocycles. The molecule has 23 heavy (non-hydrogen) atoms. The van der Waals surface area contributed by atoms with Crippen molar-refractivity contribution in [1.82, 2.24) is 15.5 Å². The van der Waals surface area contributed by atoms with Gasteiger partial charge in [0.05, 0.1) is 0 Å². The van der Waals surface area contributed by atoms with Crippen molar-refractivity contribution in [3.05, 3.63) is 70.5 Å². The van der Waals surface area contributed by atoms with Gasteiger partial charge in [-0.15, -0.1) is 0 Å². The van der Waals surface area contributed by atoms with E-state index < -0.39 is 5.91 Å². The topological polar surface area (TPSA) is 68.0 Å². The number of carbonyl (C=O) groups excluding carboxylic acids is 1. The van der Waals surface area contributed by atoms with Crippen LogP contribution >= 0.6 is 11.6 Å². The van der Waals surface area contributed by atoms with Gasteiger partial charge in [-0.3, -0.25) is 4.79 Å². The van der Waals surface area contributed by atoms with Crippen LogP contribution < -0.4 is 5.32 Å². The quantitative estimate of drug-likeness (QED) is 0.794. The van der Waals surface area contributed by atoms with E-state index in [-0.39, 0.29) is 5.82 Å². The molecule has 1 N–H and O–H groups in total.